The van der Waals surface area contributed by atoms with Crippen molar-refractivity contribution in [2.24, 2.45) is 0 Å². The fourth-order valence-corrected chi connectivity index (χ4v) is 5.08. The third-order valence-corrected chi connectivity index (χ3v) is 6.36. The highest BCUT2D eigenvalue weighted by molar-refractivity contribution is 7.99. The molecule has 0 amide bonds. The van der Waals surface area contributed by atoms with Crippen LogP contribution in [-0.2, 0) is 9.53 Å². The van der Waals surface area contributed by atoms with E-state index in [2.05, 4.69) is 19.1 Å². The van der Waals surface area contributed by atoms with E-state index in [-0.39, 0.29) is 17.4 Å². The Labute approximate surface area is 151 Å². The van der Waals surface area contributed by atoms with Crippen LogP contribution in [0.3, 0.4) is 0 Å². The molecule has 25 heavy (non-hydrogen) atoms. The monoisotopic (exact) mass is 355 g/mol. The van der Waals surface area contributed by atoms with E-state index in [1.165, 1.54) is 18.2 Å². The van der Waals surface area contributed by atoms with Gasteiger partial charge in [-0.1, -0.05) is 37.3 Å². The van der Waals surface area contributed by atoms with E-state index in [9.17, 15) is 9.59 Å². The van der Waals surface area contributed by atoms with Crippen LogP contribution < -0.4 is 5.56 Å². The highest BCUT2D eigenvalue weighted by Crippen LogP contribution is 2.50. The summed E-state index contributed by atoms with van der Waals surface area (Å²) in [6.45, 7) is 2.16. The van der Waals surface area contributed by atoms with Crippen molar-refractivity contribution >= 4 is 17.7 Å². The third-order valence-electron chi connectivity index (χ3n) is 5.19. The molecule has 0 radical (unpaired) electrons. The molecule has 2 heterocycles. The largest absolute Gasteiger partial charge is 0.467 e. The molecule has 5 heteroatoms. The molecule has 4 nitrogen and oxygen atoms in total. The van der Waals surface area contributed by atoms with Gasteiger partial charge in [-0.25, -0.2) is 4.79 Å². The zero-order valence-corrected chi connectivity index (χ0v) is 15.2. The van der Waals surface area contributed by atoms with Crippen LogP contribution in [0.15, 0.2) is 46.2 Å². The average Bonchev–Trinajstić information content (AvgIpc) is 3.38. The summed E-state index contributed by atoms with van der Waals surface area (Å²) >= 11 is 1.62. The van der Waals surface area contributed by atoms with Gasteiger partial charge in [0, 0.05) is 17.7 Å². The molecule has 1 aliphatic heterocycles. The number of rotatable bonds is 4. The van der Waals surface area contributed by atoms with Crippen molar-refractivity contribution in [3.05, 3.63) is 63.4 Å². The van der Waals surface area contributed by atoms with Crippen LogP contribution in [-0.4, -0.2) is 23.4 Å². The van der Waals surface area contributed by atoms with Gasteiger partial charge >= 0.3 is 5.97 Å². The number of carbonyl (C=O) groups excluding carboxylic acids is 1. The van der Waals surface area contributed by atoms with E-state index in [1.54, 1.807) is 22.4 Å². The summed E-state index contributed by atoms with van der Waals surface area (Å²) in [4.78, 5) is 24.9. The standard InChI is InChI=1S/C20H21NO3S/c1-12(13-6-4-3-5-7-13)15-10-17(22)21-16(20(23)24-2)11-25-19(21)18(15)14-8-9-14/h3-7,10,12,14,16H,8-9,11H2,1-2H3/t12?,16-/m0/s1. The lowest BCUT2D eigenvalue weighted by atomic mass is 9.89. The number of hydrogen-bond acceptors (Lipinski definition) is 4. The van der Waals surface area contributed by atoms with Gasteiger partial charge in [0.25, 0.3) is 5.56 Å². The van der Waals surface area contributed by atoms with Crippen molar-refractivity contribution < 1.29 is 9.53 Å². The summed E-state index contributed by atoms with van der Waals surface area (Å²) in [7, 11) is 1.38. The molecule has 2 aromatic rings. The summed E-state index contributed by atoms with van der Waals surface area (Å²) in [6, 6.07) is 11.5. The van der Waals surface area contributed by atoms with E-state index < -0.39 is 6.04 Å². The van der Waals surface area contributed by atoms with Gasteiger partial charge in [-0.05, 0) is 35.4 Å². The van der Waals surface area contributed by atoms with Gasteiger partial charge in [-0.3, -0.25) is 9.36 Å². The third kappa shape index (κ3) is 2.80. The second-order valence-corrected chi connectivity index (χ2v) is 7.79. The van der Waals surface area contributed by atoms with E-state index in [0.29, 0.717) is 11.7 Å². The number of hydrogen-bond donors (Lipinski definition) is 0. The topological polar surface area (TPSA) is 48.3 Å². The van der Waals surface area contributed by atoms with Crippen LogP contribution in [0.1, 0.15) is 54.3 Å². The first-order valence-electron chi connectivity index (χ1n) is 8.66. The van der Waals surface area contributed by atoms with Gasteiger partial charge < -0.3 is 4.74 Å². The number of carbonyl (C=O) groups is 1. The van der Waals surface area contributed by atoms with Crippen molar-refractivity contribution in [3.63, 3.8) is 0 Å². The number of fused-ring (bicyclic) bond motifs is 1. The average molecular weight is 355 g/mol. The van der Waals surface area contributed by atoms with Gasteiger partial charge in [-0.2, -0.15) is 0 Å². The number of pyridine rings is 1. The van der Waals surface area contributed by atoms with Crippen molar-refractivity contribution in [3.8, 4) is 0 Å². The van der Waals surface area contributed by atoms with E-state index in [0.717, 1.165) is 23.4 Å². The minimum absolute atomic E-state index is 0.0995. The number of nitrogens with zero attached hydrogens (tertiary/aromatic N) is 1. The first-order valence-corrected chi connectivity index (χ1v) is 9.65. The van der Waals surface area contributed by atoms with Gasteiger partial charge in [0.15, 0.2) is 0 Å². The molecule has 1 aromatic heterocycles. The van der Waals surface area contributed by atoms with E-state index in [4.69, 9.17) is 4.74 Å². The second-order valence-electron chi connectivity index (χ2n) is 6.78. The minimum Gasteiger partial charge on any atom is -0.467 e. The molecular weight excluding hydrogens is 334 g/mol. The Morgan fingerprint density at radius 2 is 2.00 bits per heavy atom. The molecule has 1 aliphatic carbocycles. The Bertz CT molecular complexity index is 871. The highest BCUT2D eigenvalue weighted by Gasteiger charge is 2.38. The van der Waals surface area contributed by atoms with Crippen LogP contribution in [0.4, 0.5) is 0 Å². The van der Waals surface area contributed by atoms with Gasteiger partial charge in [-0.15, -0.1) is 11.8 Å². The lowest BCUT2D eigenvalue weighted by Crippen LogP contribution is -2.30. The number of ether oxygens (including phenoxy) is 1. The molecule has 1 aromatic carbocycles. The van der Waals surface area contributed by atoms with Crippen molar-refractivity contribution in [2.45, 2.75) is 42.7 Å². The van der Waals surface area contributed by atoms with Crippen LogP contribution in [0, 0.1) is 0 Å². The van der Waals surface area contributed by atoms with E-state index >= 15 is 0 Å². The SMILES string of the molecule is COC(=O)[C@@H]1CSc2c(C3CC3)c(C(C)c3ccccc3)cc(=O)n21. The zero-order chi connectivity index (χ0) is 17.6. The Hall–Kier alpha value is -2.01. The quantitative estimate of drug-likeness (QED) is 0.785. The number of benzene rings is 1. The Morgan fingerprint density at radius 1 is 1.28 bits per heavy atom. The fraction of sp³-hybridized carbons (Fsp3) is 0.400. The predicted molar refractivity (Wildman–Crippen MR) is 98.4 cm³/mol. The number of aromatic nitrogens is 1. The predicted octanol–water partition coefficient (Wildman–Crippen LogP) is 3.70. The zero-order valence-electron chi connectivity index (χ0n) is 14.4. The molecule has 0 N–H and O–H groups in total. The number of esters is 1. The van der Waals surface area contributed by atoms with Gasteiger partial charge in [0.05, 0.1) is 12.1 Å². The molecule has 130 valence electrons. The molecule has 4 rings (SSSR count). The lowest BCUT2D eigenvalue weighted by molar-refractivity contribution is -0.143. The molecule has 1 saturated carbocycles. The van der Waals surface area contributed by atoms with Crippen LogP contribution in [0.25, 0.3) is 0 Å². The molecule has 0 bridgehead atoms. The molecule has 1 fully saturated rings. The van der Waals surface area contributed by atoms with Gasteiger partial charge in [0.2, 0.25) is 0 Å². The van der Waals surface area contributed by atoms with Crippen molar-refractivity contribution in [2.75, 3.05) is 12.9 Å². The van der Waals surface area contributed by atoms with Crippen LogP contribution in [0.5, 0.6) is 0 Å². The summed E-state index contributed by atoms with van der Waals surface area (Å²) in [5.74, 6) is 0.907. The van der Waals surface area contributed by atoms with E-state index in [1.807, 2.05) is 18.2 Å². The van der Waals surface area contributed by atoms with Crippen molar-refractivity contribution in [1.82, 2.24) is 4.57 Å². The first-order chi connectivity index (χ1) is 12.1. The number of thioether (sulfide) groups is 1. The Kier molecular flexibility index (Phi) is 4.20. The Morgan fingerprint density at radius 3 is 2.64 bits per heavy atom. The fourth-order valence-electron chi connectivity index (χ4n) is 3.68. The second kappa shape index (κ2) is 6.37. The molecule has 0 saturated heterocycles. The molecule has 2 aliphatic rings. The molecule has 2 atom stereocenters. The maximum absolute atomic E-state index is 12.8. The van der Waals surface area contributed by atoms with Crippen molar-refractivity contribution in [1.29, 1.82) is 0 Å². The normalized spacial score (nSPS) is 20.2. The lowest BCUT2D eigenvalue weighted by Gasteiger charge is -2.21. The summed E-state index contributed by atoms with van der Waals surface area (Å²) in [5.41, 5.74) is 3.49. The summed E-state index contributed by atoms with van der Waals surface area (Å²) in [5, 5.41) is 0.975. The smallest absolute Gasteiger partial charge is 0.329 e. The molecule has 1 unspecified atom stereocenters. The maximum atomic E-state index is 12.8. The summed E-state index contributed by atoms with van der Waals surface area (Å²) < 4.78 is 6.56. The number of methoxy groups -OCH3 is 1. The molecular formula is C20H21NO3S. The minimum atomic E-state index is -0.504. The molecule has 0 spiro atoms. The maximum Gasteiger partial charge on any atom is 0.329 e. The Balaban J connectivity index is 1.86. The van der Waals surface area contributed by atoms with Gasteiger partial charge in [0.1, 0.15) is 6.04 Å². The first kappa shape index (κ1) is 16.5. The van der Waals surface area contributed by atoms with Crippen LogP contribution >= 0.6 is 11.8 Å². The van der Waals surface area contributed by atoms with Crippen LogP contribution in [0.2, 0.25) is 0 Å². The summed E-state index contributed by atoms with van der Waals surface area (Å²) in [6.07, 6.45) is 2.31. The highest BCUT2D eigenvalue weighted by atomic mass is 32.2.